The van der Waals surface area contributed by atoms with Gasteiger partial charge in [0.25, 0.3) is 5.91 Å². The Bertz CT molecular complexity index is 1510. The van der Waals surface area contributed by atoms with E-state index < -0.39 is 23.6 Å². The fourth-order valence-electron chi connectivity index (χ4n) is 4.43. The molecule has 1 N–H and O–H groups in total. The average molecular weight is 552 g/mol. The molecule has 9 heteroatoms. The second-order valence-electron chi connectivity index (χ2n) is 8.10. The van der Waals surface area contributed by atoms with E-state index in [1.165, 1.54) is 14.2 Å². The van der Waals surface area contributed by atoms with Crippen LogP contribution in [0.2, 0.25) is 0 Å². The Kier molecular flexibility index (Phi) is 6.32. The topological polar surface area (TPSA) is 96.2 Å². The summed E-state index contributed by atoms with van der Waals surface area (Å²) in [4.78, 5) is 26.8. The number of hydrogen-bond donors (Lipinski definition) is 1. The lowest BCUT2D eigenvalue weighted by Crippen LogP contribution is -2.35. The van der Waals surface area contributed by atoms with Crippen LogP contribution in [0.5, 0.6) is 23.0 Å². The largest absolute Gasteiger partial charge is 0.497 e. The minimum Gasteiger partial charge on any atom is -0.497 e. The van der Waals surface area contributed by atoms with Crippen LogP contribution in [0.4, 0.5) is 5.69 Å². The number of fused-ring (bicyclic) bond motifs is 3. The average Bonchev–Trinajstić information content (AvgIpc) is 3.30. The van der Waals surface area contributed by atoms with Crippen molar-refractivity contribution in [2.45, 2.75) is 12.0 Å². The van der Waals surface area contributed by atoms with Gasteiger partial charge in [-0.05, 0) is 70.0 Å². The van der Waals surface area contributed by atoms with Gasteiger partial charge in [-0.3, -0.25) is 4.79 Å². The van der Waals surface area contributed by atoms with Crippen molar-refractivity contribution in [1.82, 2.24) is 0 Å². The molecule has 0 radical (unpaired) electrons. The van der Waals surface area contributed by atoms with Crippen LogP contribution < -0.4 is 29.9 Å². The molecule has 2 atom stereocenters. The highest BCUT2D eigenvalue weighted by Crippen LogP contribution is 2.47. The fraction of sp³-hybridized carbons (Fsp3) is 0.185. The molecule has 0 bridgehead atoms. The Hall–Kier alpha value is -3.98. The van der Waals surface area contributed by atoms with E-state index in [2.05, 4.69) is 21.2 Å². The monoisotopic (exact) mass is 551 g/mol. The van der Waals surface area contributed by atoms with Gasteiger partial charge in [-0.2, -0.15) is 0 Å². The summed E-state index contributed by atoms with van der Waals surface area (Å²) in [6, 6.07) is 17.5. The summed E-state index contributed by atoms with van der Waals surface area (Å²) in [6.07, 6.45) is -1.05. The highest BCUT2D eigenvalue weighted by molar-refractivity contribution is 9.10. The summed E-state index contributed by atoms with van der Waals surface area (Å²) in [5.74, 6) is 0.730. The molecule has 0 unspecified atom stereocenters. The molecule has 0 saturated heterocycles. The van der Waals surface area contributed by atoms with Gasteiger partial charge < -0.3 is 28.7 Å². The van der Waals surface area contributed by atoms with E-state index in [9.17, 15) is 9.59 Å². The van der Waals surface area contributed by atoms with Gasteiger partial charge >= 0.3 is 5.63 Å². The van der Waals surface area contributed by atoms with Crippen LogP contribution in [0.1, 0.15) is 17.0 Å². The number of anilines is 1. The molecule has 4 aromatic rings. The van der Waals surface area contributed by atoms with Crippen molar-refractivity contribution in [3.63, 3.8) is 0 Å². The van der Waals surface area contributed by atoms with Crippen LogP contribution in [-0.2, 0) is 4.79 Å². The first-order valence-corrected chi connectivity index (χ1v) is 11.8. The van der Waals surface area contributed by atoms with E-state index in [0.29, 0.717) is 49.7 Å². The maximum Gasteiger partial charge on any atom is 0.344 e. The number of carbonyl (C=O) groups excluding carboxylic acids is 1. The zero-order valence-electron chi connectivity index (χ0n) is 19.7. The normalized spacial score (nSPS) is 16.2. The van der Waals surface area contributed by atoms with Gasteiger partial charge in [0, 0.05) is 5.69 Å². The number of halogens is 1. The van der Waals surface area contributed by atoms with Crippen molar-refractivity contribution in [1.29, 1.82) is 0 Å². The van der Waals surface area contributed by atoms with Gasteiger partial charge in [-0.15, -0.1) is 0 Å². The fourth-order valence-corrected chi connectivity index (χ4v) is 5.05. The SMILES string of the molecule is COc1ccc(NC(=O)[C@H]2Oc3c(c(=O)oc4ccccc34)[C@@H]2c2cc(Br)c(OC)c(OC)c2)cc1. The number of para-hydroxylation sites is 1. The van der Waals surface area contributed by atoms with Crippen molar-refractivity contribution in [3.05, 3.63) is 86.7 Å². The first kappa shape index (κ1) is 23.7. The van der Waals surface area contributed by atoms with E-state index in [1.54, 1.807) is 61.7 Å². The van der Waals surface area contributed by atoms with Crippen molar-refractivity contribution in [2.75, 3.05) is 26.6 Å². The Labute approximate surface area is 214 Å². The Morgan fingerprint density at radius 1 is 0.972 bits per heavy atom. The molecule has 1 aliphatic heterocycles. The van der Waals surface area contributed by atoms with Gasteiger partial charge in [-0.1, -0.05) is 12.1 Å². The summed E-state index contributed by atoms with van der Waals surface area (Å²) in [5.41, 5.74) is 1.26. The number of carbonyl (C=O) groups is 1. The number of benzene rings is 3. The van der Waals surface area contributed by atoms with Crippen molar-refractivity contribution in [2.24, 2.45) is 0 Å². The van der Waals surface area contributed by atoms with Gasteiger partial charge in [0.1, 0.15) is 17.1 Å². The lowest BCUT2D eigenvalue weighted by Gasteiger charge is -2.20. The predicted octanol–water partition coefficient (Wildman–Crippen LogP) is 5.11. The van der Waals surface area contributed by atoms with E-state index in [4.69, 9.17) is 23.4 Å². The van der Waals surface area contributed by atoms with Crippen molar-refractivity contribution in [3.8, 4) is 23.0 Å². The highest BCUT2D eigenvalue weighted by atomic mass is 79.9. The summed E-state index contributed by atoms with van der Waals surface area (Å²) >= 11 is 3.51. The first-order chi connectivity index (χ1) is 17.4. The number of hydrogen-bond acceptors (Lipinski definition) is 7. The Morgan fingerprint density at radius 2 is 1.72 bits per heavy atom. The third-order valence-corrected chi connectivity index (χ3v) is 6.68. The predicted molar refractivity (Wildman–Crippen MR) is 138 cm³/mol. The van der Waals surface area contributed by atoms with Crippen molar-refractivity contribution < 1.29 is 28.2 Å². The molecule has 1 aromatic heterocycles. The molecule has 2 heterocycles. The lowest BCUT2D eigenvalue weighted by molar-refractivity contribution is -0.122. The molecule has 184 valence electrons. The van der Waals surface area contributed by atoms with E-state index in [-0.39, 0.29) is 5.56 Å². The molecule has 36 heavy (non-hydrogen) atoms. The molecule has 0 fully saturated rings. The van der Waals surface area contributed by atoms with E-state index in [1.807, 2.05) is 6.07 Å². The number of amides is 1. The minimum atomic E-state index is -1.05. The van der Waals surface area contributed by atoms with Crippen LogP contribution in [0.15, 0.2) is 74.3 Å². The molecule has 0 aliphatic carbocycles. The Balaban J connectivity index is 1.65. The second-order valence-corrected chi connectivity index (χ2v) is 8.95. The Morgan fingerprint density at radius 3 is 2.42 bits per heavy atom. The van der Waals surface area contributed by atoms with E-state index >= 15 is 0 Å². The molecule has 8 nitrogen and oxygen atoms in total. The van der Waals surface area contributed by atoms with Gasteiger partial charge in [0.15, 0.2) is 17.6 Å². The number of nitrogens with one attached hydrogen (secondary N) is 1. The smallest absolute Gasteiger partial charge is 0.344 e. The third kappa shape index (κ3) is 4.05. The van der Waals surface area contributed by atoms with Crippen molar-refractivity contribution >= 4 is 38.5 Å². The standard InChI is InChI=1S/C27H22BrNO7/c1-32-16-10-8-15(9-11-16)29-26(30)25-21(14-12-18(28)24(34-3)20(13-14)33-2)22-23(36-25)17-6-4-5-7-19(17)35-27(22)31/h4-13,21,25H,1-3H3,(H,29,30)/t21-,25-/m0/s1. The molecule has 3 aromatic carbocycles. The number of ether oxygens (including phenoxy) is 4. The van der Waals surface area contributed by atoms with Crippen LogP contribution in [0, 0.1) is 0 Å². The van der Waals surface area contributed by atoms with Crippen LogP contribution in [-0.4, -0.2) is 33.3 Å². The summed E-state index contributed by atoms with van der Waals surface area (Å²) in [6.45, 7) is 0. The second kappa shape index (κ2) is 9.58. The molecule has 0 spiro atoms. The molecule has 1 amide bonds. The summed E-state index contributed by atoms with van der Waals surface area (Å²) in [7, 11) is 4.62. The number of rotatable bonds is 6. The molecular formula is C27H22BrNO7. The summed E-state index contributed by atoms with van der Waals surface area (Å²) < 4.78 is 28.6. The molecular weight excluding hydrogens is 530 g/mol. The first-order valence-electron chi connectivity index (χ1n) is 11.0. The van der Waals surface area contributed by atoms with Crippen LogP contribution in [0.3, 0.4) is 0 Å². The maximum absolute atomic E-state index is 13.6. The van der Waals surface area contributed by atoms with Gasteiger partial charge in [-0.25, -0.2) is 4.79 Å². The maximum atomic E-state index is 13.6. The molecule has 1 aliphatic rings. The molecule has 5 rings (SSSR count). The highest BCUT2D eigenvalue weighted by Gasteiger charge is 2.44. The number of methoxy groups -OCH3 is 3. The zero-order valence-corrected chi connectivity index (χ0v) is 21.2. The quantitative estimate of drug-likeness (QED) is 0.332. The van der Waals surface area contributed by atoms with Crippen LogP contribution >= 0.6 is 15.9 Å². The minimum absolute atomic E-state index is 0.266. The summed E-state index contributed by atoms with van der Waals surface area (Å²) in [5, 5.41) is 3.49. The van der Waals surface area contributed by atoms with Gasteiger partial charge in [0.2, 0.25) is 0 Å². The lowest BCUT2D eigenvalue weighted by atomic mass is 9.88. The van der Waals surface area contributed by atoms with Gasteiger partial charge in [0.05, 0.1) is 42.7 Å². The van der Waals surface area contributed by atoms with Crippen LogP contribution in [0.25, 0.3) is 11.0 Å². The van der Waals surface area contributed by atoms with E-state index in [0.717, 1.165) is 0 Å². The zero-order chi connectivity index (χ0) is 25.4. The third-order valence-electron chi connectivity index (χ3n) is 6.09. The molecule has 0 saturated carbocycles.